The van der Waals surface area contributed by atoms with Crippen LogP contribution < -0.4 is 14.8 Å². The Morgan fingerprint density at radius 3 is 2.45 bits per heavy atom. The van der Waals surface area contributed by atoms with Crippen molar-refractivity contribution in [2.24, 2.45) is 0 Å². The Labute approximate surface area is 181 Å². The number of nitrogens with one attached hydrogen (secondary N) is 1. The third-order valence-corrected chi connectivity index (χ3v) is 6.44. The van der Waals surface area contributed by atoms with E-state index in [0.29, 0.717) is 30.8 Å². The molecule has 1 saturated carbocycles. The van der Waals surface area contributed by atoms with E-state index in [1.54, 1.807) is 37.3 Å². The summed E-state index contributed by atoms with van der Waals surface area (Å²) in [5.41, 5.74) is 0.781. The zero-order valence-electron chi connectivity index (χ0n) is 17.8. The highest BCUT2D eigenvalue weighted by molar-refractivity contribution is 5.95. The van der Waals surface area contributed by atoms with E-state index >= 15 is 0 Å². The van der Waals surface area contributed by atoms with E-state index in [1.165, 1.54) is 12.1 Å². The number of hydrogen-bond acceptors (Lipinski definition) is 4. The number of methoxy groups -OCH3 is 2. The van der Waals surface area contributed by atoms with Crippen LogP contribution in [0.15, 0.2) is 42.5 Å². The molecule has 1 heterocycles. The van der Waals surface area contributed by atoms with E-state index < -0.39 is 5.54 Å². The van der Waals surface area contributed by atoms with Gasteiger partial charge in [0.25, 0.3) is 0 Å². The lowest BCUT2D eigenvalue weighted by Gasteiger charge is -2.51. The largest absolute Gasteiger partial charge is 0.493 e. The van der Waals surface area contributed by atoms with Gasteiger partial charge in [-0.25, -0.2) is 4.39 Å². The molecule has 0 bridgehead atoms. The van der Waals surface area contributed by atoms with Crippen molar-refractivity contribution < 1.29 is 23.5 Å². The predicted molar refractivity (Wildman–Crippen MR) is 113 cm³/mol. The van der Waals surface area contributed by atoms with Crippen LogP contribution in [0.2, 0.25) is 0 Å². The molecule has 7 heteroatoms. The minimum Gasteiger partial charge on any atom is -0.493 e. The number of carbonyl (C=O) groups excluding carboxylic acids is 2. The molecule has 164 valence electrons. The molecule has 2 amide bonds. The van der Waals surface area contributed by atoms with Gasteiger partial charge in [-0.2, -0.15) is 0 Å². The molecular weight excluding hydrogens is 399 g/mol. The van der Waals surface area contributed by atoms with Crippen molar-refractivity contribution in [2.75, 3.05) is 14.2 Å². The maximum Gasteiger partial charge on any atom is 0.246 e. The van der Waals surface area contributed by atoms with Gasteiger partial charge in [0.05, 0.1) is 26.7 Å². The van der Waals surface area contributed by atoms with Crippen LogP contribution in [0.3, 0.4) is 0 Å². The van der Waals surface area contributed by atoms with Gasteiger partial charge in [0.2, 0.25) is 11.8 Å². The molecule has 1 aliphatic carbocycles. The molecule has 2 fully saturated rings. The van der Waals surface area contributed by atoms with E-state index in [0.717, 1.165) is 24.0 Å². The fourth-order valence-electron chi connectivity index (χ4n) is 4.88. The summed E-state index contributed by atoms with van der Waals surface area (Å²) in [6.45, 7) is 0.268. The summed E-state index contributed by atoms with van der Waals surface area (Å²) < 4.78 is 24.2. The predicted octanol–water partition coefficient (Wildman–Crippen LogP) is 3.75. The molecule has 0 aromatic heterocycles. The fraction of sp³-hybridized carbons (Fsp3) is 0.417. The molecular formula is C24H27FN2O4. The van der Waals surface area contributed by atoms with Gasteiger partial charge in [0.15, 0.2) is 11.5 Å². The second-order valence-electron chi connectivity index (χ2n) is 8.11. The summed E-state index contributed by atoms with van der Waals surface area (Å²) in [5, 5.41) is 3.03. The Hall–Kier alpha value is -3.09. The summed E-state index contributed by atoms with van der Waals surface area (Å²) in [5.74, 6) is 0.663. The second-order valence-corrected chi connectivity index (χ2v) is 8.11. The number of amides is 2. The number of likely N-dealkylation sites (tertiary alicyclic amines) is 1. The van der Waals surface area contributed by atoms with Gasteiger partial charge < -0.3 is 19.7 Å². The number of ether oxygens (including phenoxy) is 2. The van der Waals surface area contributed by atoms with Crippen molar-refractivity contribution >= 4 is 11.8 Å². The van der Waals surface area contributed by atoms with Crippen molar-refractivity contribution in [3.63, 3.8) is 0 Å². The standard InChI is InChI=1S/C24H27FN2O4/c1-30-20-7-5-6-17(22(20)31-2)15-26-23(29)24(12-3-4-13-24)27-19(14-21(27)28)16-8-10-18(25)11-9-16/h5-11,19H,3-4,12-15H2,1-2H3,(H,26,29). The van der Waals surface area contributed by atoms with Gasteiger partial charge in [0, 0.05) is 12.1 Å². The van der Waals surface area contributed by atoms with E-state index in [1.807, 2.05) is 12.1 Å². The number of halogens is 1. The lowest BCUT2D eigenvalue weighted by atomic mass is 9.83. The van der Waals surface area contributed by atoms with E-state index in [2.05, 4.69) is 5.32 Å². The zero-order valence-corrected chi connectivity index (χ0v) is 17.8. The minimum absolute atomic E-state index is 0.0367. The molecule has 2 aromatic carbocycles. The van der Waals surface area contributed by atoms with Gasteiger partial charge in [-0.15, -0.1) is 0 Å². The SMILES string of the molecule is COc1cccc(CNC(=O)C2(N3C(=O)CC3c3ccc(F)cc3)CCCC2)c1OC. The maximum atomic E-state index is 13.5. The average molecular weight is 426 g/mol. The second kappa shape index (κ2) is 8.57. The summed E-state index contributed by atoms with van der Waals surface area (Å²) in [7, 11) is 3.13. The molecule has 1 aliphatic heterocycles. The number of para-hydroxylation sites is 1. The first-order chi connectivity index (χ1) is 15.0. The molecule has 1 saturated heterocycles. The first-order valence-electron chi connectivity index (χ1n) is 10.6. The Bertz CT molecular complexity index is 970. The van der Waals surface area contributed by atoms with Crippen LogP contribution >= 0.6 is 0 Å². The van der Waals surface area contributed by atoms with Crippen molar-refractivity contribution in [1.29, 1.82) is 0 Å². The molecule has 0 radical (unpaired) electrons. The number of nitrogens with zero attached hydrogens (tertiary/aromatic N) is 1. The lowest BCUT2D eigenvalue weighted by molar-refractivity contribution is -0.165. The van der Waals surface area contributed by atoms with Crippen molar-refractivity contribution in [1.82, 2.24) is 10.2 Å². The van der Waals surface area contributed by atoms with Gasteiger partial charge in [-0.05, 0) is 36.6 Å². The molecule has 31 heavy (non-hydrogen) atoms. The highest BCUT2D eigenvalue weighted by Gasteiger charge is 2.55. The van der Waals surface area contributed by atoms with Gasteiger partial charge in [0.1, 0.15) is 11.4 Å². The molecule has 6 nitrogen and oxygen atoms in total. The van der Waals surface area contributed by atoms with Crippen LogP contribution in [0, 0.1) is 5.82 Å². The van der Waals surface area contributed by atoms with Crippen molar-refractivity contribution in [3.05, 3.63) is 59.4 Å². The topological polar surface area (TPSA) is 67.9 Å². The van der Waals surface area contributed by atoms with Crippen LogP contribution in [0.25, 0.3) is 0 Å². The number of rotatable bonds is 7. The summed E-state index contributed by atoms with van der Waals surface area (Å²) in [6.07, 6.45) is 3.35. The Morgan fingerprint density at radius 2 is 1.84 bits per heavy atom. The molecule has 1 N–H and O–H groups in total. The van der Waals surface area contributed by atoms with Crippen molar-refractivity contribution in [2.45, 2.75) is 50.2 Å². The third kappa shape index (κ3) is 3.73. The van der Waals surface area contributed by atoms with Gasteiger partial charge in [-0.3, -0.25) is 9.59 Å². The number of β-lactam (4-membered cyclic amide) rings is 1. The maximum absolute atomic E-state index is 13.5. The Morgan fingerprint density at radius 1 is 1.13 bits per heavy atom. The molecule has 1 atom stereocenters. The highest BCUT2D eigenvalue weighted by Crippen LogP contribution is 2.47. The fourth-order valence-corrected chi connectivity index (χ4v) is 4.88. The van der Waals surface area contributed by atoms with Crippen molar-refractivity contribution in [3.8, 4) is 11.5 Å². The highest BCUT2D eigenvalue weighted by atomic mass is 19.1. The van der Waals surface area contributed by atoms with Crippen LogP contribution in [-0.4, -0.2) is 36.5 Å². The van der Waals surface area contributed by atoms with E-state index in [4.69, 9.17) is 9.47 Å². The van der Waals surface area contributed by atoms with E-state index in [9.17, 15) is 14.0 Å². The normalized spacial score (nSPS) is 19.6. The summed E-state index contributed by atoms with van der Waals surface area (Å²) in [4.78, 5) is 27.9. The van der Waals surface area contributed by atoms with Crippen LogP contribution in [0.1, 0.15) is 49.3 Å². The lowest BCUT2D eigenvalue weighted by Crippen LogP contribution is -2.65. The zero-order chi connectivity index (χ0) is 22.0. The minimum atomic E-state index is -0.875. The molecule has 2 aromatic rings. The first kappa shape index (κ1) is 21.2. The smallest absolute Gasteiger partial charge is 0.246 e. The molecule has 1 unspecified atom stereocenters. The number of hydrogen-bond donors (Lipinski definition) is 1. The van der Waals surface area contributed by atoms with Gasteiger partial charge in [-0.1, -0.05) is 37.1 Å². The van der Waals surface area contributed by atoms with E-state index in [-0.39, 0.29) is 30.2 Å². The quantitative estimate of drug-likeness (QED) is 0.685. The number of carbonyl (C=O) groups is 2. The molecule has 0 spiro atoms. The van der Waals surface area contributed by atoms with Crippen LogP contribution in [-0.2, 0) is 16.1 Å². The Balaban J connectivity index is 1.56. The van der Waals surface area contributed by atoms with Crippen LogP contribution in [0.4, 0.5) is 4.39 Å². The molecule has 2 aliphatic rings. The third-order valence-electron chi connectivity index (χ3n) is 6.44. The summed E-state index contributed by atoms with van der Waals surface area (Å²) >= 11 is 0. The van der Waals surface area contributed by atoms with Crippen LogP contribution in [0.5, 0.6) is 11.5 Å². The average Bonchev–Trinajstić information content (AvgIpc) is 3.26. The number of benzene rings is 2. The monoisotopic (exact) mass is 426 g/mol. The Kier molecular flexibility index (Phi) is 5.85. The van der Waals surface area contributed by atoms with Gasteiger partial charge >= 0.3 is 0 Å². The first-order valence-corrected chi connectivity index (χ1v) is 10.6. The summed E-state index contributed by atoms with van der Waals surface area (Å²) in [6, 6.07) is 11.5. The molecule has 4 rings (SSSR count).